The van der Waals surface area contributed by atoms with E-state index in [1.807, 2.05) is 0 Å². The third-order valence-electron chi connectivity index (χ3n) is 5.92. The molecule has 1 aliphatic rings. The average Bonchev–Trinajstić information content (AvgIpc) is 3.22. The summed E-state index contributed by atoms with van der Waals surface area (Å²) in [6, 6.07) is 4.68. The molecule has 1 fully saturated rings. The van der Waals surface area contributed by atoms with Crippen LogP contribution in [0.2, 0.25) is 0 Å². The number of hydrogen-bond donors (Lipinski definition) is 2. The van der Waals surface area contributed by atoms with E-state index in [0.717, 1.165) is 25.7 Å². The molecule has 1 atom stereocenters. The minimum atomic E-state index is -1.65. The maximum absolute atomic E-state index is 12.3. The van der Waals surface area contributed by atoms with Crippen molar-refractivity contribution in [1.29, 1.82) is 0 Å². The fourth-order valence-electron chi connectivity index (χ4n) is 4.34. The Hall–Kier alpha value is -3.10. The number of nitrogens with zero attached hydrogens (tertiary/aromatic N) is 1. The summed E-state index contributed by atoms with van der Waals surface area (Å²) in [5.41, 5.74) is -2.17. The molecule has 1 saturated carbocycles. The molecule has 170 valence electrons. The van der Waals surface area contributed by atoms with Crippen molar-refractivity contribution < 1.29 is 34.2 Å². The topological polar surface area (TPSA) is 136 Å². The molecule has 9 heteroatoms. The lowest BCUT2D eigenvalue weighted by Crippen LogP contribution is -2.40. The van der Waals surface area contributed by atoms with Gasteiger partial charge in [0, 0.05) is 10.5 Å². The molecule has 0 heterocycles. The van der Waals surface area contributed by atoms with Gasteiger partial charge in [-0.2, -0.15) is 0 Å². The zero-order valence-electron chi connectivity index (χ0n) is 18.1. The lowest BCUT2D eigenvalue weighted by molar-refractivity contribution is -0.489. The molecule has 0 aromatic heterocycles. The molecule has 1 aromatic carbocycles. The van der Waals surface area contributed by atoms with Crippen LogP contribution < -0.4 is 9.47 Å². The summed E-state index contributed by atoms with van der Waals surface area (Å²) in [5.74, 6) is -2.10. The van der Waals surface area contributed by atoms with E-state index in [9.17, 15) is 29.9 Å². The first-order valence-corrected chi connectivity index (χ1v) is 10.4. The van der Waals surface area contributed by atoms with Gasteiger partial charge < -0.3 is 19.7 Å². The second kappa shape index (κ2) is 10.3. The minimum absolute atomic E-state index is 0.0155. The first-order valence-electron chi connectivity index (χ1n) is 10.4. The highest BCUT2D eigenvalue weighted by molar-refractivity contribution is 6.00. The predicted octanol–water partition coefficient (Wildman–Crippen LogP) is 3.82. The Morgan fingerprint density at radius 2 is 1.81 bits per heavy atom. The van der Waals surface area contributed by atoms with Crippen LogP contribution in [0, 0.1) is 10.1 Å². The van der Waals surface area contributed by atoms with Crippen molar-refractivity contribution in [3.63, 3.8) is 0 Å². The maximum Gasteiger partial charge on any atom is 0.333 e. The van der Waals surface area contributed by atoms with E-state index < -0.39 is 34.4 Å². The van der Waals surface area contributed by atoms with Gasteiger partial charge in [-0.25, -0.2) is 9.59 Å². The molecule has 0 saturated heterocycles. The molecule has 0 spiro atoms. The Morgan fingerprint density at radius 3 is 2.26 bits per heavy atom. The summed E-state index contributed by atoms with van der Waals surface area (Å²) < 4.78 is 11.5. The van der Waals surface area contributed by atoms with Crippen LogP contribution in [0.4, 0.5) is 0 Å². The number of rotatable bonds is 11. The number of nitro groups is 1. The van der Waals surface area contributed by atoms with E-state index >= 15 is 0 Å². The summed E-state index contributed by atoms with van der Waals surface area (Å²) >= 11 is 0. The minimum Gasteiger partial charge on any atom is -0.493 e. The van der Waals surface area contributed by atoms with Crippen LogP contribution in [0.1, 0.15) is 57.9 Å². The van der Waals surface area contributed by atoms with Gasteiger partial charge in [0.05, 0.1) is 24.2 Å². The largest absolute Gasteiger partial charge is 0.493 e. The van der Waals surface area contributed by atoms with Crippen LogP contribution in [0.3, 0.4) is 0 Å². The van der Waals surface area contributed by atoms with E-state index in [0.29, 0.717) is 17.1 Å². The number of ether oxygens (including phenoxy) is 2. The van der Waals surface area contributed by atoms with Gasteiger partial charge in [0.25, 0.3) is 0 Å². The van der Waals surface area contributed by atoms with Crippen LogP contribution in [-0.2, 0) is 15.0 Å². The van der Waals surface area contributed by atoms with Crippen LogP contribution in [-0.4, -0.2) is 46.8 Å². The van der Waals surface area contributed by atoms with Gasteiger partial charge in [-0.3, -0.25) is 10.1 Å². The van der Waals surface area contributed by atoms with Crippen molar-refractivity contribution in [2.24, 2.45) is 0 Å². The summed E-state index contributed by atoms with van der Waals surface area (Å²) in [4.78, 5) is 35.1. The smallest absolute Gasteiger partial charge is 0.333 e. The van der Waals surface area contributed by atoms with Crippen LogP contribution in [0.5, 0.6) is 11.5 Å². The fourth-order valence-corrected chi connectivity index (χ4v) is 4.34. The van der Waals surface area contributed by atoms with Gasteiger partial charge in [-0.05, 0) is 56.2 Å². The van der Waals surface area contributed by atoms with Gasteiger partial charge >= 0.3 is 11.9 Å². The number of carboxylic acids is 2. The first kappa shape index (κ1) is 24.2. The average molecular weight is 435 g/mol. The second-order valence-electron chi connectivity index (χ2n) is 7.63. The van der Waals surface area contributed by atoms with Crippen molar-refractivity contribution in [1.82, 2.24) is 0 Å². The molecule has 0 radical (unpaired) electrons. The number of hydrogen-bond acceptors (Lipinski definition) is 6. The van der Waals surface area contributed by atoms with Gasteiger partial charge in [0.15, 0.2) is 11.5 Å². The summed E-state index contributed by atoms with van der Waals surface area (Å²) in [6.45, 7) is 2.36. The highest BCUT2D eigenvalue weighted by atomic mass is 16.6. The number of methoxy groups -OCH3 is 1. The van der Waals surface area contributed by atoms with E-state index in [4.69, 9.17) is 9.47 Å². The Labute approximate surface area is 180 Å². The van der Waals surface area contributed by atoms with Gasteiger partial charge in [0.2, 0.25) is 6.54 Å². The Balaban J connectivity index is 2.76. The Morgan fingerprint density at radius 1 is 1.16 bits per heavy atom. The summed E-state index contributed by atoms with van der Waals surface area (Å²) in [6.07, 6.45) is 3.74. The maximum atomic E-state index is 12.3. The molecule has 1 unspecified atom stereocenters. The standard InChI is InChI=1S/C22H29NO8/c1-4-16(20(24)25)19(21(26)27)22(5-2,13-23(28)29)14-10-11-17(30-3)18(12-14)31-15-8-6-7-9-15/h10-12,15H,4-9,13H2,1-3H3,(H,24,25)(H,26,27)/b19-16+. The number of benzene rings is 1. The first-order chi connectivity index (χ1) is 14.7. The Bertz CT molecular complexity index is 872. The summed E-state index contributed by atoms with van der Waals surface area (Å²) in [5, 5.41) is 31.2. The fraction of sp³-hybridized carbons (Fsp3) is 0.545. The van der Waals surface area contributed by atoms with E-state index in [1.165, 1.54) is 14.0 Å². The van der Waals surface area contributed by atoms with Gasteiger partial charge in [-0.15, -0.1) is 0 Å². The quantitative estimate of drug-likeness (QED) is 0.304. The van der Waals surface area contributed by atoms with E-state index in [1.54, 1.807) is 25.1 Å². The summed E-state index contributed by atoms with van der Waals surface area (Å²) in [7, 11) is 1.48. The van der Waals surface area contributed by atoms with Crippen LogP contribution in [0.15, 0.2) is 29.3 Å². The third-order valence-corrected chi connectivity index (χ3v) is 5.92. The second-order valence-corrected chi connectivity index (χ2v) is 7.63. The van der Waals surface area contributed by atoms with Crippen molar-refractivity contribution in [2.75, 3.05) is 13.7 Å². The molecule has 0 amide bonds. The highest BCUT2D eigenvalue weighted by Crippen LogP contribution is 2.43. The van der Waals surface area contributed by atoms with E-state index in [2.05, 4.69) is 0 Å². The highest BCUT2D eigenvalue weighted by Gasteiger charge is 2.46. The van der Waals surface area contributed by atoms with Gasteiger partial charge in [-0.1, -0.05) is 19.9 Å². The zero-order chi connectivity index (χ0) is 23.2. The third kappa shape index (κ3) is 5.15. The molecule has 1 aromatic rings. The molecule has 1 aliphatic carbocycles. The van der Waals surface area contributed by atoms with Crippen LogP contribution >= 0.6 is 0 Å². The lowest BCUT2D eigenvalue weighted by Gasteiger charge is -2.32. The monoisotopic (exact) mass is 435 g/mol. The molecule has 0 aliphatic heterocycles. The SMILES string of the molecule is CC/C(C(=O)O)=C(/C(=O)O)C(CC)(C[N+](=O)[O-])c1ccc(OC)c(OC2CCCC2)c1. The Kier molecular flexibility index (Phi) is 8.01. The van der Waals surface area contributed by atoms with Crippen molar-refractivity contribution >= 4 is 11.9 Å². The number of aliphatic carboxylic acids is 2. The van der Waals surface area contributed by atoms with Crippen molar-refractivity contribution in [3.8, 4) is 11.5 Å². The molecule has 2 rings (SSSR count). The lowest BCUT2D eigenvalue weighted by atomic mass is 9.69. The zero-order valence-corrected chi connectivity index (χ0v) is 18.1. The molecule has 9 nitrogen and oxygen atoms in total. The van der Waals surface area contributed by atoms with Crippen molar-refractivity contribution in [2.45, 2.75) is 63.9 Å². The molecular weight excluding hydrogens is 406 g/mol. The molecular formula is C22H29NO8. The van der Waals surface area contributed by atoms with Gasteiger partial charge in [0.1, 0.15) is 0 Å². The van der Waals surface area contributed by atoms with E-state index in [-0.39, 0.29) is 24.5 Å². The molecule has 31 heavy (non-hydrogen) atoms. The number of carbonyl (C=O) groups is 2. The number of carboxylic acid groups (broad SMARTS) is 2. The van der Waals surface area contributed by atoms with Crippen molar-refractivity contribution in [3.05, 3.63) is 45.0 Å². The molecule has 2 N–H and O–H groups in total. The van der Waals surface area contributed by atoms with Crippen LogP contribution in [0.25, 0.3) is 0 Å². The predicted molar refractivity (Wildman–Crippen MR) is 112 cm³/mol. The normalized spacial score (nSPS) is 16.9. The molecule has 0 bridgehead atoms.